The minimum absolute atomic E-state index is 0.101. The van der Waals surface area contributed by atoms with Crippen LogP contribution < -0.4 is 0 Å². The van der Waals surface area contributed by atoms with E-state index in [9.17, 15) is 14.7 Å². The Morgan fingerprint density at radius 2 is 2.09 bits per heavy atom. The normalized spacial score (nSPS) is 23.7. The number of amidine groups is 1. The quantitative estimate of drug-likeness (QED) is 0.810. The fourth-order valence-corrected chi connectivity index (χ4v) is 3.33. The highest BCUT2D eigenvalue weighted by atomic mass is 16.4. The van der Waals surface area contributed by atoms with Gasteiger partial charge in [-0.2, -0.15) is 0 Å². The molecule has 0 amide bonds. The molecule has 2 aliphatic heterocycles. The van der Waals surface area contributed by atoms with E-state index >= 15 is 0 Å². The van der Waals surface area contributed by atoms with Gasteiger partial charge in [0.15, 0.2) is 11.7 Å². The molecule has 1 unspecified atom stereocenters. The second-order valence-electron chi connectivity index (χ2n) is 6.81. The van der Waals surface area contributed by atoms with Crippen LogP contribution in [-0.4, -0.2) is 40.7 Å². The Morgan fingerprint density at radius 3 is 2.77 bits per heavy atom. The number of para-hydroxylation sites is 1. The Kier molecular flexibility index (Phi) is 3.51. The first-order valence-corrected chi connectivity index (χ1v) is 7.59. The Balaban J connectivity index is 2.05. The highest BCUT2D eigenvalue weighted by Crippen LogP contribution is 2.34. The molecule has 1 N–H and O–H groups in total. The van der Waals surface area contributed by atoms with Crippen molar-refractivity contribution >= 4 is 23.3 Å². The summed E-state index contributed by atoms with van der Waals surface area (Å²) in [6.45, 7) is 5.80. The molecule has 5 nitrogen and oxygen atoms in total. The lowest BCUT2D eigenvalue weighted by Crippen LogP contribution is -2.50. The van der Waals surface area contributed by atoms with Gasteiger partial charge in [-0.25, -0.2) is 4.99 Å². The number of benzene rings is 1. The van der Waals surface area contributed by atoms with Gasteiger partial charge < -0.3 is 10.0 Å². The number of carbonyl (C=O) groups is 2. The van der Waals surface area contributed by atoms with Gasteiger partial charge in [0.25, 0.3) is 0 Å². The number of piperidine rings is 1. The molecular weight excluding hydrogens is 280 g/mol. The summed E-state index contributed by atoms with van der Waals surface area (Å²) in [5, 5.41) is 9.54. The maximum absolute atomic E-state index is 12.6. The zero-order chi connectivity index (χ0) is 15.9. The molecule has 0 radical (unpaired) electrons. The van der Waals surface area contributed by atoms with Crippen molar-refractivity contribution < 1.29 is 14.7 Å². The number of carboxylic acids is 1. The number of fused-ring (bicyclic) bond motifs is 1. The van der Waals surface area contributed by atoms with Crippen LogP contribution in [0.1, 0.15) is 37.0 Å². The predicted octanol–water partition coefficient (Wildman–Crippen LogP) is 2.74. The molecule has 1 atom stereocenters. The molecular formula is C17H20N2O3. The van der Waals surface area contributed by atoms with Crippen molar-refractivity contribution in [3.8, 4) is 0 Å². The Labute approximate surface area is 129 Å². The fourth-order valence-electron chi connectivity index (χ4n) is 3.33. The zero-order valence-corrected chi connectivity index (χ0v) is 12.9. The van der Waals surface area contributed by atoms with Gasteiger partial charge in [-0.1, -0.05) is 26.0 Å². The molecule has 1 aromatic rings. The monoisotopic (exact) mass is 300 g/mol. The first-order chi connectivity index (χ1) is 10.4. The predicted molar refractivity (Wildman–Crippen MR) is 83.6 cm³/mol. The van der Waals surface area contributed by atoms with Gasteiger partial charge in [-0.05, 0) is 30.4 Å². The maximum Gasteiger partial charge on any atom is 0.322 e. The Bertz CT molecular complexity index is 664. The molecule has 0 aromatic heterocycles. The van der Waals surface area contributed by atoms with Crippen molar-refractivity contribution in [1.29, 1.82) is 0 Å². The molecule has 0 aliphatic carbocycles. The standard InChI is InChI=1S/C17H20N2O3/c1-17(2)8-5-9-19(10-17)15-13(16(21)22)14(20)11-6-3-4-7-12(11)18-15/h3-4,6-7,13H,5,8-10H2,1-2H3,(H,21,22). The third kappa shape index (κ3) is 2.51. The second kappa shape index (κ2) is 5.23. The number of ketones is 1. The molecule has 1 aromatic carbocycles. The van der Waals surface area contributed by atoms with Gasteiger partial charge in [0.1, 0.15) is 5.84 Å². The van der Waals surface area contributed by atoms with Gasteiger partial charge in [0.05, 0.1) is 5.69 Å². The molecule has 116 valence electrons. The van der Waals surface area contributed by atoms with Crippen LogP contribution in [0.2, 0.25) is 0 Å². The van der Waals surface area contributed by atoms with Gasteiger partial charge in [0.2, 0.25) is 0 Å². The van der Waals surface area contributed by atoms with E-state index in [0.717, 1.165) is 25.9 Å². The van der Waals surface area contributed by atoms with E-state index in [-0.39, 0.29) is 11.2 Å². The SMILES string of the molecule is CC1(C)CCCN(C2=Nc3ccccc3C(=O)C2C(=O)O)C1. The highest BCUT2D eigenvalue weighted by molar-refractivity contribution is 6.26. The van der Waals surface area contributed by atoms with Crippen molar-refractivity contribution in [2.45, 2.75) is 26.7 Å². The largest absolute Gasteiger partial charge is 0.480 e. The number of hydrogen-bond acceptors (Lipinski definition) is 4. The lowest BCUT2D eigenvalue weighted by Gasteiger charge is -2.41. The topological polar surface area (TPSA) is 70.0 Å². The van der Waals surface area contributed by atoms with Gasteiger partial charge in [-0.3, -0.25) is 9.59 Å². The van der Waals surface area contributed by atoms with Crippen molar-refractivity contribution in [3.63, 3.8) is 0 Å². The van der Waals surface area contributed by atoms with Gasteiger partial charge in [0, 0.05) is 18.7 Å². The third-order valence-electron chi connectivity index (χ3n) is 4.40. The molecule has 1 saturated heterocycles. The third-order valence-corrected chi connectivity index (χ3v) is 4.40. The number of likely N-dealkylation sites (tertiary alicyclic amines) is 1. The van der Waals surface area contributed by atoms with Crippen LogP contribution in [0.15, 0.2) is 29.3 Å². The van der Waals surface area contributed by atoms with E-state index in [0.29, 0.717) is 17.1 Å². The molecule has 2 aliphatic rings. The summed E-state index contributed by atoms with van der Waals surface area (Å²) in [7, 11) is 0. The number of rotatable bonds is 1. The molecule has 0 bridgehead atoms. The number of Topliss-reactive ketones (excluding diaryl/α,β-unsaturated/α-hetero) is 1. The van der Waals surface area contributed by atoms with Crippen LogP contribution in [0.5, 0.6) is 0 Å². The summed E-state index contributed by atoms with van der Waals surface area (Å²) < 4.78 is 0. The Hall–Kier alpha value is -2.17. The summed E-state index contributed by atoms with van der Waals surface area (Å²) in [6.07, 6.45) is 2.08. The average Bonchev–Trinajstić information content (AvgIpc) is 2.45. The van der Waals surface area contributed by atoms with Crippen molar-refractivity contribution in [2.24, 2.45) is 16.3 Å². The number of carboxylic acid groups (broad SMARTS) is 1. The summed E-state index contributed by atoms with van der Waals surface area (Å²) in [4.78, 5) is 30.8. The van der Waals surface area contributed by atoms with E-state index in [1.54, 1.807) is 18.2 Å². The van der Waals surface area contributed by atoms with E-state index in [2.05, 4.69) is 18.8 Å². The number of carbonyl (C=O) groups excluding carboxylic acids is 1. The first kappa shape index (κ1) is 14.8. The molecule has 3 rings (SSSR count). The van der Waals surface area contributed by atoms with Gasteiger partial charge in [-0.15, -0.1) is 0 Å². The van der Waals surface area contributed by atoms with E-state index < -0.39 is 11.9 Å². The number of hydrogen-bond donors (Lipinski definition) is 1. The van der Waals surface area contributed by atoms with E-state index in [1.807, 2.05) is 11.0 Å². The van der Waals surface area contributed by atoms with Crippen LogP contribution in [0.25, 0.3) is 0 Å². The molecule has 1 fully saturated rings. The highest BCUT2D eigenvalue weighted by Gasteiger charge is 2.41. The maximum atomic E-state index is 12.6. The van der Waals surface area contributed by atoms with Crippen LogP contribution >= 0.6 is 0 Å². The smallest absolute Gasteiger partial charge is 0.322 e. The fraction of sp³-hybridized carbons (Fsp3) is 0.471. The summed E-state index contributed by atoms with van der Waals surface area (Å²) in [5.74, 6) is -2.29. The summed E-state index contributed by atoms with van der Waals surface area (Å²) in [5.41, 5.74) is 1.07. The van der Waals surface area contributed by atoms with Crippen molar-refractivity contribution in [1.82, 2.24) is 4.90 Å². The molecule has 0 spiro atoms. The van der Waals surface area contributed by atoms with E-state index in [1.165, 1.54) is 0 Å². The summed E-state index contributed by atoms with van der Waals surface area (Å²) in [6, 6.07) is 6.96. The van der Waals surface area contributed by atoms with Crippen molar-refractivity contribution in [2.75, 3.05) is 13.1 Å². The lowest BCUT2D eigenvalue weighted by molar-refractivity contribution is -0.138. The number of aliphatic carboxylic acids is 1. The van der Waals surface area contributed by atoms with E-state index in [4.69, 9.17) is 0 Å². The molecule has 0 saturated carbocycles. The molecule has 2 heterocycles. The first-order valence-electron chi connectivity index (χ1n) is 7.59. The van der Waals surface area contributed by atoms with Crippen LogP contribution in [0, 0.1) is 11.3 Å². The molecule has 22 heavy (non-hydrogen) atoms. The minimum atomic E-state index is -1.19. The Morgan fingerprint density at radius 1 is 1.36 bits per heavy atom. The second-order valence-corrected chi connectivity index (χ2v) is 6.81. The number of nitrogens with zero attached hydrogens (tertiary/aromatic N) is 2. The number of aliphatic imine (C=N–C) groups is 1. The van der Waals surface area contributed by atoms with Crippen LogP contribution in [0.4, 0.5) is 5.69 Å². The van der Waals surface area contributed by atoms with Crippen molar-refractivity contribution in [3.05, 3.63) is 29.8 Å². The summed E-state index contributed by atoms with van der Waals surface area (Å²) >= 11 is 0. The average molecular weight is 300 g/mol. The van der Waals surface area contributed by atoms with Gasteiger partial charge >= 0.3 is 5.97 Å². The van der Waals surface area contributed by atoms with Crippen LogP contribution in [0.3, 0.4) is 0 Å². The minimum Gasteiger partial charge on any atom is -0.480 e. The zero-order valence-electron chi connectivity index (χ0n) is 12.9. The lowest BCUT2D eigenvalue weighted by atomic mass is 9.82. The van der Waals surface area contributed by atoms with Crippen LogP contribution in [-0.2, 0) is 4.79 Å². The molecule has 5 heteroatoms.